The Morgan fingerprint density at radius 1 is 1.36 bits per heavy atom. The predicted molar refractivity (Wildman–Crippen MR) is 59.8 cm³/mol. The van der Waals surface area contributed by atoms with Crippen molar-refractivity contribution >= 4 is 11.8 Å². The molecule has 0 aromatic rings. The van der Waals surface area contributed by atoms with Crippen molar-refractivity contribution in [1.29, 1.82) is 0 Å². The summed E-state index contributed by atoms with van der Waals surface area (Å²) in [6.07, 6.45) is 2.07. The fourth-order valence-corrected chi connectivity index (χ4v) is 2.57. The third-order valence-corrected chi connectivity index (χ3v) is 3.80. The average molecular weight is 215 g/mol. The molecule has 1 heterocycles. The minimum Gasteiger partial charge on any atom is -0.340 e. The van der Waals surface area contributed by atoms with Gasteiger partial charge in [0.05, 0.1) is 5.25 Å². The zero-order valence-corrected chi connectivity index (χ0v) is 9.85. The van der Waals surface area contributed by atoms with Crippen molar-refractivity contribution in [2.24, 2.45) is 5.73 Å². The van der Waals surface area contributed by atoms with Gasteiger partial charge >= 0.3 is 0 Å². The van der Waals surface area contributed by atoms with Crippen LogP contribution in [0.2, 0.25) is 0 Å². The Balaban J connectivity index is 2.94. The number of ether oxygens (including phenoxy) is 2. The summed E-state index contributed by atoms with van der Waals surface area (Å²) < 4.78 is 10.4. The molecule has 14 heavy (non-hydrogen) atoms. The van der Waals surface area contributed by atoms with Crippen LogP contribution in [0.3, 0.4) is 0 Å². The molecule has 0 spiro atoms. The van der Waals surface area contributed by atoms with Gasteiger partial charge in [-0.25, -0.2) is 0 Å². The van der Waals surface area contributed by atoms with E-state index in [2.05, 4.69) is 19.9 Å². The Kier molecular flexibility index (Phi) is 3.78. The number of nitrogens with two attached hydrogens (primary N) is 1. The maximum atomic E-state index is 5.99. The lowest BCUT2D eigenvalue weighted by Crippen LogP contribution is -2.53. The van der Waals surface area contributed by atoms with Gasteiger partial charge in [0.2, 0.25) is 5.91 Å². The molecule has 0 bridgehead atoms. The van der Waals surface area contributed by atoms with E-state index in [0.29, 0.717) is 0 Å². The highest BCUT2D eigenvalue weighted by Gasteiger charge is 2.38. The van der Waals surface area contributed by atoms with E-state index in [0.717, 1.165) is 0 Å². The molecular formula is C10H17NO2S. The van der Waals surface area contributed by atoms with E-state index in [-0.39, 0.29) is 5.25 Å². The Morgan fingerprint density at radius 2 is 1.93 bits per heavy atom. The molecule has 0 fully saturated rings. The van der Waals surface area contributed by atoms with Crippen molar-refractivity contribution in [2.45, 2.75) is 25.0 Å². The number of thioether (sulfide) groups is 1. The van der Waals surface area contributed by atoms with Crippen molar-refractivity contribution in [2.75, 3.05) is 14.2 Å². The van der Waals surface area contributed by atoms with E-state index in [4.69, 9.17) is 15.2 Å². The summed E-state index contributed by atoms with van der Waals surface area (Å²) in [5.41, 5.74) is 8.41. The van der Waals surface area contributed by atoms with Crippen molar-refractivity contribution < 1.29 is 9.47 Å². The van der Waals surface area contributed by atoms with Gasteiger partial charge in [0, 0.05) is 14.2 Å². The first-order valence-electron chi connectivity index (χ1n) is 4.43. The van der Waals surface area contributed by atoms with E-state index < -0.39 is 5.91 Å². The smallest absolute Gasteiger partial charge is 0.241 e. The second-order valence-corrected chi connectivity index (χ2v) is 4.33. The molecule has 0 amide bonds. The van der Waals surface area contributed by atoms with Gasteiger partial charge in [0.25, 0.3) is 0 Å². The summed E-state index contributed by atoms with van der Waals surface area (Å²) in [4.78, 5) is 0. The highest BCUT2D eigenvalue weighted by molar-refractivity contribution is 8.03. The maximum Gasteiger partial charge on any atom is 0.241 e. The van der Waals surface area contributed by atoms with Crippen molar-refractivity contribution in [3.63, 3.8) is 0 Å². The van der Waals surface area contributed by atoms with Gasteiger partial charge < -0.3 is 9.47 Å². The molecule has 2 N–H and O–H groups in total. The molecule has 0 aromatic heterocycles. The molecule has 80 valence electrons. The second kappa shape index (κ2) is 4.49. The van der Waals surface area contributed by atoms with Gasteiger partial charge in [0.1, 0.15) is 0 Å². The van der Waals surface area contributed by atoms with Gasteiger partial charge in [-0.3, -0.25) is 5.73 Å². The van der Waals surface area contributed by atoms with E-state index in [1.54, 1.807) is 26.0 Å². The van der Waals surface area contributed by atoms with Gasteiger partial charge in [-0.2, -0.15) is 0 Å². The van der Waals surface area contributed by atoms with Crippen LogP contribution in [0.1, 0.15) is 13.8 Å². The van der Waals surface area contributed by atoms with Crippen molar-refractivity contribution in [3.8, 4) is 0 Å². The summed E-state index contributed by atoms with van der Waals surface area (Å²) >= 11 is 1.62. The Hall–Kier alpha value is -0.290. The molecule has 1 unspecified atom stereocenters. The summed E-state index contributed by atoms with van der Waals surface area (Å²) in [6, 6.07) is 0. The molecule has 0 aromatic carbocycles. The van der Waals surface area contributed by atoms with Crippen molar-refractivity contribution in [1.82, 2.24) is 0 Å². The molecule has 0 aliphatic carbocycles. The van der Waals surface area contributed by atoms with Gasteiger partial charge in [0.15, 0.2) is 0 Å². The zero-order valence-electron chi connectivity index (χ0n) is 9.03. The lowest BCUT2D eigenvalue weighted by atomic mass is 10.1. The number of hydrogen-bond acceptors (Lipinski definition) is 4. The highest BCUT2D eigenvalue weighted by Crippen LogP contribution is 2.35. The van der Waals surface area contributed by atoms with Crippen LogP contribution in [-0.4, -0.2) is 25.4 Å². The van der Waals surface area contributed by atoms with Crippen LogP contribution in [-0.2, 0) is 9.47 Å². The SMILES string of the molecule is COC(N)(OC)C1SC=CC(C)=C1C. The number of allylic oxidation sites excluding steroid dienone is 2. The molecule has 0 saturated heterocycles. The molecule has 3 nitrogen and oxygen atoms in total. The monoisotopic (exact) mass is 215 g/mol. The standard InChI is InChI=1S/C10H17NO2S/c1-7-5-6-14-9(8(7)2)10(11,12-3)13-4/h5-6,9H,11H2,1-4H3. The van der Waals surface area contributed by atoms with E-state index >= 15 is 0 Å². The van der Waals surface area contributed by atoms with E-state index in [1.807, 2.05) is 5.41 Å². The maximum absolute atomic E-state index is 5.99. The Morgan fingerprint density at radius 3 is 2.43 bits per heavy atom. The van der Waals surface area contributed by atoms with Crippen LogP contribution in [0, 0.1) is 0 Å². The van der Waals surface area contributed by atoms with Gasteiger partial charge in [-0.15, -0.1) is 11.8 Å². The van der Waals surface area contributed by atoms with Crippen LogP contribution in [0.25, 0.3) is 0 Å². The Bertz CT molecular complexity index is 269. The fourth-order valence-electron chi connectivity index (χ4n) is 1.35. The largest absolute Gasteiger partial charge is 0.340 e. The Labute approximate surface area is 89.3 Å². The summed E-state index contributed by atoms with van der Waals surface area (Å²) in [6.45, 7) is 4.11. The van der Waals surface area contributed by atoms with Crippen LogP contribution >= 0.6 is 11.8 Å². The third kappa shape index (κ3) is 2.03. The summed E-state index contributed by atoms with van der Waals surface area (Å²) in [5, 5.41) is 2.04. The molecule has 1 rings (SSSR count). The molecule has 0 radical (unpaired) electrons. The second-order valence-electron chi connectivity index (χ2n) is 3.31. The van der Waals surface area contributed by atoms with Crippen LogP contribution in [0.4, 0.5) is 0 Å². The molecule has 1 aliphatic heterocycles. The number of hydrogen-bond donors (Lipinski definition) is 1. The zero-order chi connectivity index (χ0) is 10.8. The summed E-state index contributed by atoms with van der Waals surface area (Å²) in [5.74, 6) is -1.04. The number of rotatable bonds is 3. The molecule has 4 heteroatoms. The normalized spacial score (nSPS) is 23.1. The highest BCUT2D eigenvalue weighted by atomic mass is 32.2. The summed E-state index contributed by atoms with van der Waals surface area (Å²) in [7, 11) is 3.12. The third-order valence-electron chi connectivity index (χ3n) is 2.55. The fraction of sp³-hybridized carbons (Fsp3) is 0.600. The minimum atomic E-state index is -1.04. The lowest BCUT2D eigenvalue weighted by molar-refractivity contribution is -0.196. The predicted octanol–water partition coefficient (Wildman–Crippen LogP) is 1.86. The first kappa shape index (κ1) is 11.8. The quantitative estimate of drug-likeness (QED) is 0.730. The van der Waals surface area contributed by atoms with Crippen molar-refractivity contribution in [3.05, 3.63) is 22.6 Å². The van der Waals surface area contributed by atoms with Crippen LogP contribution < -0.4 is 5.73 Å². The lowest BCUT2D eigenvalue weighted by Gasteiger charge is -2.35. The van der Waals surface area contributed by atoms with Crippen LogP contribution in [0.5, 0.6) is 0 Å². The minimum absolute atomic E-state index is 0.0162. The molecule has 1 atom stereocenters. The molecular weight excluding hydrogens is 198 g/mol. The van der Waals surface area contributed by atoms with Gasteiger partial charge in [-0.05, 0) is 19.3 Å². The first-order chi connectivity index (χ1) is 6.55. The first-order valence-corrected chi connectivity index (χ1v) is 5.38. The van der Waals surface area contributed by atoms with Gasteiger partial charge in [-0.1, -0.05) is 17.2 Å². The number of methoxy groups -OCH3 is 2. The molecule has 0 saturated carbocycles. The topological polar surface area (TPSA) is 44.5 Å². The van der Waals surface area contributed by atoms with E-state index in [9.17, 15) is 0 Å². The molecule has 1 aliphatic rings. The average Bonchev–Trinajstić information content (AvgIpc) is 2.21. The van der Waals surface area contributed by atoms with E-state index in [1.165, 1.54) is 11.1 Å². The van der Waals surface area contributed by atoms with Crippen LogP contribution in [0.15, 0.2) is 22.6 Å².